The third-order valence-electron chi connectivity index (χ3n) is 4.03. The van der Waals surface area contributed by atoms with Crippen molar-refractivity contribution >= 4 is 12.0 Å². The zero-order valence-electron chi connectivity index (χ0n) is 17.3. The number of ether oxygens (including phenoxy) is 1. The fraction of sp³-hybridized carbons (Fsp3) is 0.889. The summed E-state index contributed by atoms with van der Waals surface area (Å²) in [4.78, 5) is 36.3. The van der Waals surface area contributed by atoms with Crippen LogP contribution >= 0.6 is 0 Å². The molecule has 1 rings (SSSR count). The van der Waals surface area contributed by atoms with Gasteiger partial charge < -0.3 is 14.9 Å². The first-order valence-corrected chi connectivity index (χ1v) is 9.69. The Morgan fingerprint density at radius 1 is 1.15 bits per heavy atom. The van der Waals surface area contributed by atoms with Crippen LogP contribution in [0.2, 0.25) is 0 Å². The van der Waals surface area contributed by atoms with Crippen LogP contribution in [0, 0.1) is 0 Å². The summed E-state index contributed by atoms with van der Waals surface area (Å²) in [7, 11) is 1.91. The summed E-state index contributed by atoms with van der Waals surface area (Å²) in [6.45, 7) is 9.34. The number of likely N-dealkylation sites (tertiary alicyclic amines) is 1. The Kier molecular flexibility index (Phi) is 10.6. The highest BCUT2D eigenvalue weighted by atomic mass is 16.7. The van der Waals surface area contributed by atoms with E-state index in [1.165, 1.54) is 0 Å². The topological polar surface area (TPSA) is 101 Å². The number of rotatable bonds is 10. The minimum atomic E-state index is -0.543. The van der Waals surface area contributed by atoms with Gasteiger partial charge in [-0.1, -0.05) is 13.3 Å². The molecule has 0 radical (unpaired) electrons. The molecule has 1 aliphatic heterocycles. The molecule has 3 N–H and O–H groups in total. The lowest BCUT2D eigenvalue weighted by atomic mass is 9.99. The molecule has 0 spiro atoms. The van der Waals surface area contributed by atoms with Gasteiger partial charge in [-0.15, -0.1) is 0 Å². The molecule has 0 aromatic heterocycles. The summed E-state index contributed by atoms with van der Waals surface area (Å²) < 4.78 is 5.11. The number of alkyl carbamates (subject to hydrolysis) is 1. The van der Waals surface area contributed by atoms with Crippen LogP contribution in [0.25, 0.3) is 0 Å². The van der Waals surface area contributed by atoms with E-state index in [1.54, 1.807) is 20.8 Å². The highest BCUT2D eigenvalue weighted by molar-refractivity contribution is 5.80. The third-order valence-corrected chi connectivity index (χ3v) is 4.03. The van der Waals surface area contributed by atoms with E-state index in [0.29, 0.717) is 6.61 Å². The molecule has 9 nitrogen and oxygen atoms in total. The Hall–Kier alpha value is -1.42. The molecule has 0 unspecified atom stereocenters. The van der Waals surface area contributed by atoms with Crippen molar-refractivity contribution in [2.45, 2.75) is 71.1 Å². The first-order valence-electron chi connectivity index (χ1n) is 9.69. The van der Waals surface area contributed by atoms with Gasteiger partial charge in [-0.25, -0.2) is 10.3 Å². The van der Waals surface area contributed by atoms with E-state index in [4.69, 9.17) is 14.4 Å². The molecule has 2 atom stereocenters. The van der Waals surface area contributed by atoms with E-state index in [-0.39, 0.29) is 31.1 Å². The van der Waals surface area contributed by atoms with Crippen LogP contribution in [0.1, 0.15) is 53.4 Å². The summed E-state index contributed by atoms with van der Waals surface area (Å²) in [5.74, 6) is -0.180. The summed E-state index contributed by atoms with van der Waals surface area (Å²) in [6.07, 6.45) is 3.19. The molecule has 9 heteroatoms. The molecular formula is C18H36N4O5. The summed E-state index contributed by atoms with van der Waals surface area (Å²) in [6, 6.07) is -0.0210. The molecule has 0 bridgehead atoms. The number of nitrogens with zero attached hydrogens (tertiary/aromatic N) is 1. The van der Waals surface area contributed by atoms with Crippen molar-refractivity contribution in [2.24, 2.45) is 0 Å². The zero-order chi connectivity index (χ0) is 20.3. The lowest BCUT2D eigenvalue weighted by Gasteiger charge is -2.36. The van der Waals surface area contributed by atoms with E-state index in [9.17, 15) is 9.59 Å². The van der Waals surface area contributed by atoms with Crippen LogP contribution in [-0.2, 0) is 19.2 Å². The van der Waals surface area contributed by atoms with Gasteiger partial charge in [0.1, 0.15) is 5.60 Å². The minimum absolute atomic E-state index is 0.164. The van der Waals surface area contributed by atoms with Crippen molar-refractivity contribution in [3.63, 3.8) is 0 Å². The Balaban J connectivity index is 2.16. The molecule has 0 aliphatic carbocycles. The lowest BCUT2D eigenvalue weighted by Crippen LogP contribution is -2.54. The maximum absolute atomic E-state index is 12.3. The molecule has 0 saturated carbocycles. The molecule has 158 valence electrons. The van der Waals surface area contributed by atoms with Crippen molar-refractivity contribution in [2.75, 3.05) is 33.4 Å². The summed E-state index contributed by atoms with van der Waals surface area (Å²) in [5.41, 5.74) is 4.99. The van der Waals surface area contributed by atoms with Gasteiger partial charge in [0.2, 0.25) is 0 Å². The predicted octanol–water partition coefficient (Wildman–Crippen LogP) is 1.34. The van der Waals surface area contributed by atoms with E-state index in [1.807, 2.05) is 11.9 Å². The number of nitrogens with one attached hydrogen (secondary N) is 3. The van der Waals surface area contributed by atoms with E-state index in [0.717, 1.165) is 32.2 Å². The number of likely N-dealkylation sites (N-methyl/N-ethyl adjacent to an activating group) is 1. The average Bonchev–Trinajstić information content (AvgIpc) is 2.56. The fourth-order valence-electron chi connectivity index (χ4n) is 2.67. The second-order valence-electron chi connectivity index (χ2n) is 7.79. The Morgan fingerprint density at radius 2 is 1.89 bits per heavy atom. The highest BCUT2D eigenvalue weighted by Crippen LogP contribution is 2.16. The van der Waals surface area contributed by atoms with Crippen molar-refractivity contribution < 1.29 is 24.0 Å². The summed E-state index contributed by atoms with van der Waals surface area (Å²) >= 11 is 0. The SMILES string of the molecule is CCCCON[C@@H]1CC[C@@H](C(=O)NOCCNC(=O)OC(C)(C)C)N(C)C1. The Bertz CT molecular complexity index is 456. The molecule has 1 fully saturated rings. The van der Waals surface area contributed by atoms with Crippen molar-refractivity contribution in [1.29, 1.82) is 0 Å². The highest BCUT2D eigenvalue weighted by Gasteiger charge is 2.30. The number of carbonyl (C=O) groups is 2. The van der Waals surface area contributed by atoms with E-state index < -0.39 is 11.7 Å². The predicted molar refractivity (Wildman–Crippen MR) is 102 cm³/mol. The molecule has 1 saturated heterocycles. The van der Waals surface area contributed by atoms with E-state index >= 15 is 0 Å². The smallest absolute Gasteiger partial charge is 0.407 e. The number of piperidine rings is 1. The number of hydrogen-bond donors (Lipinski definition) is 3. The Morgan fingerprint density at radius 3 is 2.52 bits per heavy atom. The van der Waals surface area contributed by atoms with Crippen LogP contribution in [0.5, 0.6) is 0 Å². The fourth-order valence-corrected chi connectivity index (χ4v) is 2.67. The van der Waals surface area contributed by atoms with Gasteiger partial charge in [-0.2, -0.15) is 5.48 Å². The van der Waals surface area contributed by atoms with Crippen LogP contribution in [0.4, 0.5) is 4.79 Å². The van der Waals surface area contributed by atoms with Gasteiger partial charge in [0.25, 0.3) is 5.91 Å². The third kappa shape index (κ3) is 10.5. The first-order chi connectivity index (χ1) is 12.7. The van der Waals surface area contributed by atoms with Crippen LogP contribution in [0.3, 0.4) is 0 Å². The van der Waals surface area contributed by atoms with Gasteiger partial charge >= 0.3 is 6.09 Å². The summed E-state index contributed by atoms with van der Waals surface area (Å²) in [5, 5.41) is 2.57. The maximum Gasteiger partial charge on any atom is 0.407 e. The first kappa shape index (κ1) is 23.6. The number of hydrogen-bond acceptors (Lipinski definition) is 7. The van der Waals surface area contributed by atoms with Crippen LogP contribution in [0.15, 0.2) is 0 Å². The minimum Gasteiger partial charge on any atom is -0.444 e. The van der Waals surface area contributed by atoms with Gasteiger partial charge in [0, 0.05) is 19.1 Å². The second-order valence-corrected chi connectivity index (χ2v) is 7.79. The van der Waals surface area contributed by atoms with Crippen molar-refractivity contribution in [3.05, 3.63) is 0 Å². The van der Waals surface area contributed by atoms with Gasteiger partial charge in [-0.3, -0.25) is 14.5 Å². The van der Waals surface area contributed by atoms with Gasteiger partial charge in [0.15, 0.2) is 0 Å². The van der Waals surface area contributed by atoms with Gasteiger partial charge in [0.05, 0.1) is 19.3 Å². The maximum atomic E-state index is 12.3. The average molecular weight is 389 g/mol. The van der Waals surface area contributed by atoms with Crippen molar-refractivity contribution in [3.8, 4) is 0 Å². The van der Waals surface area contributed by atoms with E-state index in [2.05, 4.69) is 23.2 Å². The van der Waals surface area contributed by atoms with Crippen LogP contribution < -0.4 is 16.3 Å². The normalized spacial score (nSPS) is 20.9. The molecule has 1 aliphatic rings. The monoisotopic (exact) mass is 388 g/mol. The molecule has 1 heterocycles. The standard InChI is InChI=1S/C18H36N4O5/c1-6-7-11-25-20-14-8-9-15(22(5)13-14)16(23)21-26-12-10-19-17(24)27-18(2,3)4/h14-15,20H,6-13H2,1-5H3,(H,19,24)(H,21,23)/t14-,15+/m1/s1. The molecular weight excluding hydrogens is 352 g/mol. The number of carbonyl (C=O) groups excluding carboxylic acids is 2. The number of amides is 2. The molecule has 0 aromatic carbocycles. The zero-order valence-corrected chi connectivity index (χ0v) is 17.3. The number of unbranched alkanes of at least 4 members (excludes halogenated alkanes) is 1. The van der Waals surface area contributed by atoms with Gasteiger partial charge in [-0.05, 0) is 47.1 Å². The lowest BCUT2D eigenvalue weighted by molar-refractivity contribution is -0.140. The quantitative estimate of drug-likeness (QED) is 0.383. The largest absolute Gasteiger partial charge is 0.444 e. The Labute approximate surface area is 162 Å². The van der Waals surface area contributed by atoms with Crippen LogP contribution in [-0.4, -0.2) is 67.9 Å². The second kappa shape index (κ2) is 12.1. The molecule has 2 amide bonds. The number of hydroxylamine groups is 2. The van der Waals surface area contributed by atoms with Crippen molar-refractivity contribution in [1.82, 2.24) is 21.2 Å². The molecule has 27 heavy (non-hydrogen) atoms. The molecule has 0 aromatic rings.